The molecular weight excluding hydrogens is 448 g/mol. The van der Waals surface area contributed by atoms with Crippen molar-refractivity contribution in [2.75, 3.05) is 40.4 Å². The van der Waals surface area contributed by atoms with Crippen molar-refractivity contribution in [3.63, 3.8) is 0 Å². The van der Waals surface area contributed by atoms with E-state index in [2.05, 4.69) is 15.2 Å². The number of rotatable bonds is 7. The van der Waals surface area contributed by atoms with Crippen molar-refractivity contribution in [1.29, 1.82) is 0 Å². The molecule has 1 saturated heterocycles. The molecule has 26 heavy (non-hydrogen) atoms. The van der Waals surface area contributed by atoms with Crippen LogP contribution in [0.3, 0.4) is 0 Å². The third kappa shape index (κ3) is 8.07. The van der Waals surface area contributed by atoms with Crippen molar-refractivity contribution < 1.29 is 13.9 Å². The SMILES string of the molecule is CN=C(NCC(C)Oc1cccc(F)c1)N(C)CCC1CCOCC1.I. The molecule has 1 aliphatic heterocycles. The molecule has 1 heterocycles. The third-order valence-electron chi connectivity index (χ3n) is 4.47. The fourth-order valence-corrected chi connectivity index (χ4v) is 2.95. The number of nitrogens with one attached hydrogen (secondary N) is 1. The Morgan fingerprint density at radius 1 is 1.42 bits per heavy atom. The van der Waals surface area contributed by atoms with Crippen molar-refractivity contribution in [2.24, 2.45) is 10.9 Å². The molecule has 0 aliphatic carbocycles. The van der Waals surface area contributed by atoms with Crippen LogP contribution in [0.1, 0.15) is 26.2 Å². The first kappa shape index (κ1) is 23.0. The van der Waals surface area contributed by atoms with Crippen molar-refractivity contribution >= 4 is 29.9 Å². The maximum atomic E-state index is 13.2. The summed E-state index contributed by atoms with van der Waals surface area (Å²) < 4.78 is 24.3. The van der Waals surface area contributed by atoms with Crippen molar-refractivity contribution in [3.8, 4) is 5.75 Å². The predicted molar refractivity (Wildman–Crippen MR) is 114 cm³/mol. The second-order valence-corrected chi connectivity index (χ2v) is 6.58. The number of aliphatic imine (C=N–C) groups is 1. The average molecular weight is 479 g/mol. The standard InChI is InChI=1S/C19H30FN3O2.HI/c1-15(25-18-6-4-5-17(20)13-18)14-22-19(21-2)23(3)10-7-16-8-11-24-12-9-16;/h4-6,13,15-16H,7-12,14H2,1-3H3,(H,21,22);1H. The first-order valence-corrected chi connectivity index (χ1v) is 9.00. The lowest BCUT2D eigenvalue weighted by atomic mass is 9.96. The van der Waals surface area contributed by atoms with Crippen LogP contribution in [0.4, 0.5) is 4.39 Å². The van der Waals surface area contributed by atoms with Crippen LogP contribution in [0.2, 0.25) is 0 Å². The minimum absolute atomic E-state index is 0. The Kier molecular flexibility index (Phi) is 10.9. The van der Waals surface area contributed by atoms with Gasteiger partial charge in [-0.05, 0) is 44.2 Å². The summed E-state index contributed by atoms with van der Waals surface area (Å²) in [5.41, 5.74) is 0. The van der Waals surface area contributed by atoms with E-state index in [0.717, 1.165) is 50.9 Å². The lowest BCUT2D eigenvalue weighted by molar-refractivity contribution is 0.0625. The normalized spacial score (nSPS) is 16.5. The smallest absolute Gasteiger partial charge is 0.193 e. The Balaban J connectivity index is 0.00000338. The van der Waals surface area contributed by atoms with Gasteiger partial charge in [0.1, 0.15) is 17.7 Å². The molecule has 0 aromatic heterocycles. The summed E-state index contributed by atoms with van der Waals surface area (Å²) >= 11 is 0. The third-order valence-corrected chi connectivity index (χ3v) is 4.47. The lowest BCUT2D eigenvalue weighted by Gasteiger charge is -2.27. The summed E-state index contributed by atoms with van der Waals surface area (Å²) in [4.78, 5) is 6.48. The molecule has 1 aliphatic rings. The van der Waals surface area contributed by atoms with Crippen LogP contribution in [0, 0.1) is 11.7 Å². The van der Waals surface area contributed by atoms with E-state index in [9.17, 15) is 4.39 Å². The molecule has 0 amide bonds. The van der Waals surface area contributed by atoms with Gasteiger partial charge in [0.25, 0.3) is 0 Å². The summed E-state index contributed by atoms with van der Waals surface area (Å²) in [6, 6.07) is 6.21. The van der Waals surface area contributed by atoms with Crippen molar-refractivity contribution in [2.45, 2.75) is 32.3 Å². The van der Waals surface area contributed by atoms with Gasteiger partial charge in [0.05, 0.1) is 6.54 Å². The molecule has 1 N–H and O–H groups in total. The summed E-state index contributed by atoms with van der Waals surface area (Å²) in [5.74, 6) is 1.84. The fourth-order valence-electron chi connectivity index (χ4n) is 2.95. The summed E-state index contributed by atoms with van der Waals surface area (Å²) in [7, 11) is 3.83. The van der Waals surface area contributed by atoms with Crippen LogP contribution in [-0.4, -0.2) is 57.4 Å². The summed E-state index contributed by atoms with van der Waals surface area (Å²) in [6.07, 6.45) is 3.36. The van der Waals surface area contributed by atoms with Crippen LogP contribution in [0.15, 0.2) is 29.3 Å². The van der Waals surface area contributed by atoms with Crippen LogP contribution in [-0.2, 0) is 4.74 Å². The molecular formula is C19H31FIN3O2. The minimum Gasteiger partial charge on any atom is -0.489 e. The highest BCUT2D eigenvalue weighted by Crippen LogP contribution is 2.18. The minimum atomic E-state index is -0.290. The van der Waals surface area contributed by atoms with E-state index >= 15 is 0 Å². The molecule has 0 bridgehead atoms. The van der Waals surface area contributed by atoms with Gasteiger partial charge in [-0.2, -0.15) is 0 Å². The highest BCUT2D eigenvalue weighted by molar-refractivity contribution is 14.0. The molecule has 1 aromatic rings. The van der Waals surface area contributed by atoms with Gasteiger partial charge in [0, 0.05) is 39.9 Å². The average Bonchev–Trinajstić information content (AvgIpc) is 2.61. The Labute approximate surface area is 173 Å². The number of guanidine groups is 1. The lowest BCUT2D eigenvalue weighted by Crippen LogP contribution is -2.43. The Morgan fingerprint density at radius 2 is 2.15 bits per heavy atom. The number of nitrogens with zero attached hydrogens (tertiary/aromatic N) is 2. The zero-order valence-corrected chi connectivity index (χ0v) is 18.2. The molecule has 1 atom stereocenters. The van der Waals surface area contributed by atoms with Gasteiger partial charge in [0.2, 0.25) is 0 Å². The van der Waals surface area contributed by atoms with E-state index in [1.165, 1.54) is 12.1 Å². The zero-order valence-electron chi connectivity index (χ0n) is 15.9. The van der Waals surface area contributed by atoms with E-state index in [1.54, 1.807) is 19.2 Å². The van der Waals surface area contributed by atoms with E-state index < -0.39 is 0 Å². The predicted octanol–water partition coefficient (Wildman–Crippen LogP) is 3.53. The Morgan fingerprint density at radius 3 is 2.81 bits per heavy atom. The number of hydrogen-bond acceptors (Lipinski definition) is 3. The van der Waals surface area contributed by atoms with Gasteiger partial charge in [-0.1, -0.05) is 6.07 Å². The number of ether oxygens (including phenoxy) is 2. The topological polar surface area (TPSA) is 46.1 Å². The molecule has 5 nitrogen and oxygen atoms in total. The Bertz CT molecular complexity index is 553. The zero-order chi connectivity index (χ0) is 18.1. The van der Waals surface area contributed by atoms with Gasteiger partial charge < -0.3 is 19.7 Å². The van der Waals surface area contributed by atoms with Crippen LogP contribution in [0.25, 0.3) is 0 Å². The second kappa shape index (κ2) is 12.3. The van der Waals surface area contributed by atoms with Crippen molar-refractivity contribution in [3.05, 3.63) is 30.1 Å². The molecule has 7 heteroatoms. The monoisotopic (exact) mass is 479 g/mol. The number of benzene rings is 1. The van der Waals surface area contributed by atoms with E-state index in [0.29, 0.717) is 12.3 Å². The van der Waals surface area contributed by atoms with Crippen LogP contribution in [0.5, 0.6) is 5.75 Å². The van der Waals surface area contributed by atoms with Gasteiger partial charge in [-0.15, -0.1) is 24.0 Å². The molecule has 2 rings (SSSR count). The highest BCUT2D eigenvalue weighted by Gasteiger charge is 2.16. The number of halogens is 2. The first-order chi connectivity index (χ1) is 12.1. The summed E-state index contributed by atoms with van der Waals surface area (Å²) in [6.45, 7) is 5.29. The van der Waals surface area contributed by atoms with Gasteiger partial charge >= 0.3 is 0 Å². The quantitative estimate of drug-likeness (QED) is 0.369. The van der Waals surface area contributed by atoms with Gasteiger partial charge in [-0.3, -0.25) is 4.99 Å². The maximum Gasteiger partial charge on any atom is 0.193 e. The van der Waals surface area contributed by atoms with Crippen LogP contribution >= 0.6 is 24.0 Å². The summed E-state index contributed by atoms with van der Waals surface area (Å²) in [5, 5.41) is 3.32. The van der Waals surface area contributed by atoms with E-state index in [-0.39, 0.29) is 35.9 Å². The maximum absolute atomic E-state index is 13.2. The molecule has 1 fully saturated rings. The van der Waals surface area contributed by atoms with E-state index in [4.69, 9.17) is 9.47 Å². The largest absolute Gasteiger partial charge is 0.489 e. The molecule has 1 aromatic carbocycles. The fraction of sp³-hybridized carbons (Fsp3) is 0.632. The molecule has 0 radical (unpaired) electrons. The first-order valence-electron chi connectivity index (χ1n) is 9.00. The van der Waals surface area contributed by atoms with Gasteiger partial charge in [-0.25, -0.2) is 4.39 Å². The number of hydrogen-bond donors (Lipinski definition) is 1. The highest BCUT2D eigenvalue weighted by atomic mass is 127. The Hall–Kier alpha value is -1.09. The second-order valence-electron chi connectivity index (χ2n) is 6.58. The molecule has 0 spiro atoms. The molecule has 148 valence electrons. The van der Waals surface area contributed by atoms with Crippen LogP contribution < -0.4 is 10.1 Å². The van der Waals surface area contributed by atoms with Crippen molar-refractivity contribution in [1.82, 2.24) is 10.2 Å². The van der Waals surface area contributed by atoms with E-state index in [1.807, 2.05) is 14.0 Å². The van der Waals surface area contributed by atoms with Gasteiger partial charge in [0.15, 0.2) is 5.96 Å². The molecule has 1 unspecified atom stereocenters. The molecule has 0 saturated carbocycles.